The predicted octanol–water partition coefficient (Wildman–Crippen LogP) is 4.14. The summed E-state index contributed by atoms with van der Waals surface area (Å²) in [4.78, 5) is 21.4. The highest BCUT2D eigenvalue weighted by Gasteiger charge is 2.23. The molecule has 6 heteroatoms. The zero-order valence-electron chi connectivity index (χ0n) is 12.7. The molecule has 1 amide bonds. The summed E-state index contributed by atoms with van der Waals surface area (Å²) in [6, 6.07) is 10.0. The number of rotatable bonds is 1. The van der Waals surface area contributed by atoms with Gasteiger partial charge in [-0.1, -0.05) is 12.1 Å². The first-order valence-electron chi connectivity index (χ1n) is 7.50. The lowest BCUT2D eigenvalue weighted by molar-refractivity contribution is 0.0986. The minimum absolute atomic E-state index is 0.0138. The van der Waals surface area contributed by atoms with Crippen LogP contribution < -0.4 is 4.90 Å². The number of benzene rings is 1. The molecule has 2 aromatic heterocycles. The number of amides is 1. The molecule has 0 fully saturated rings. The van der Waals surface area contributed by atoms with Gasteiger partial charge in [0.25, 0.3) is 5.91 Å². The highest BCUT2D eigenvalue weighted by atomic mass is 32.2. The van der Waals surface area contributed by atoms with E-state index in [1.54, 1.807) is 6.20 Å². The number of hydrogen-bond donors (Lipinski definition) is 0. The molecular weight excluding hydrogens is 326 g/mol. The van der Waals surface area contributed by atoms with Crippen LogP contribution in [0.2, 0.25) is 0 Å². The van der Waals surface area contributed by atoms with Crippen molar-refractivity contribution in [2.45, 2.75) is 18.2 Å². The van der Waals surface area contributed by atoms with Gasteiger partial charge in [-0.2, -0.15) is 4.37 Å². The highest BCUT2D eigenvalue weighted by molar-refractivity contribution is 7.99. The van der Waals surface area contributed by atoms with Gasteiger partial charge in [0.05, 0.1) is 16.9 Å². The maximum atomic E-state index is 13.1. The molecule has 0 aliphatic carbocycles. The zero-order chi connectivity index (χ0) is 15.8. The number of anilines is 1. The summed E-state index contributed by atoms with van der Waals surface area (Å²) in [5, 5.41) is 0.971. The molecule has 116 valence electrons. The summed E-state index contributed by atoms with van der Waals surface area (Å²) < 4.78 is 4.31. The lowest BCUT2D eigenvalue weighted by Crippen LogP contribution is -2.31. The van der Waals surface area contributed by atoms with Crippen LogP contribution in [0.4, 0.5) is 5.69 Å². The van der Waals surface area contributed by atoms with Gasteiger partial charge in [-0.25, -0.2) is 4.98 Å². The molecule has 1 aromatic carbocycles. The Labute approximate surface area is 142 Å². The molecule has 1 aliphatic heterocycles. The minimum atomic E-state index is 0.0138. The van der Waals surface area contributed by atoms with E-state index in [0.29, 0.717) is 5.56 Å². The first kappa shape index (κ1) is 14.7. The van der Waals surface area contributed by atoms with Crippen LogP contribution in [0.3, 0.4) is 0 Å². The molecule has 0 saturated carbocycles. The Bertz CT molecular complexity index is 890. The van der Waals surface area contributed by atoms with Gasteiger partial charge in [0.15, 0.2) is 0 Å². The van der Waals surface area contributed by atoms with E-state index in [4.69, 9.17) is 0 Å². The van der Waals surface area contributed by atoms with E-state index in [1.165, 1.54) is 16.4 Å². The summed E-state index contributed by atoms with van der Waals surface area (Å²) in [5.74, 6) is 1.05. The van der Waals surface area contributed by atoms with Crippen molar-refractivity contribution in [1.82, 2.24) is 9.36 Å². The Morgan fingerprint density at radius 1 is 1.30 bits per heavy atom. The number of carbonyl (C=O) groups excluding carboxylic acids is 1. The lowest BCUT2D eigenvalue weighted by Gasteiger charge is -2.22. The van der Waals surface area contributed by atoms with Crippen molar-refractivity contribution < 1.29 is 4.79 Å². The number of thioether (sulfide) groups is 1. The molecule has 23 heavy (non-hydrogen) atoms. The Hall–Kier alpha value is -1.92. The maximum absolute atomic E-state index is 13.1. The van der Waals surface area contributed by atoms with Crippen LogP contribution in [0, 0.1) is 6.92 Å². The molecule has 4 nitrogen and oxygen atoms in total. The average molecular weight is 341 g/mol. The van der Waals surface area contributed by atoms with Crippen molar-refractivity contribution in [3.05, 3.63) is 47.8 Å². The van der Waals surface area contributed by atoms with Crippen LogP contribution in [-0.2, 0) is 0 Å². The molecule has 0 N–H and O–H groups in total. The topological polar surface area (TPSA) is 46.1 Å². The van der Waals surface area contributed by atoms with Crippen LogP contribution in [0.1, 0.15) is 22.5 Å². The van der Waals surface area contributed by atoms with Crippen LogP contribution in [-0.4, -0.2) is 27.6 Å². The largest absolute Gasteiger partial charge is 0.307 e. The third kappa shape index (κ3) is 2.62. The van der Waals surface area contributed by atoms with E-state index in [2.05, 4.69) is 15.4 Å². The van der Waals surface area contributed by atoms with Crippen molar-refractivity contribution in [2.24, 2.45) is 0 Å². The summed E-state index contributed by atoms with van der Waals surface area (Å²) in [5.41, 5.74) is 2.56. The predicted molar refractivity (Wildman–Crippen MR) is 95.6 cm³/mol. The molecule has 3 heterocycles. The fourth-order valence-electron chi connectivity index (χ4n) is 2.76. The minimum Gasteiger partial charge on any atom is -0.307 e. The first-order valence-corrected chi connectivity index (χ1v) is 9.25. The Balaban J connectivity index is 1.76. The Kier molecular flexibility index (Phi) is 3.79. The summed E-state index contributed by atoms with van der Waals surface area (Å²) >= 11 is 3.19. The normalized spacial score (nSPS) is 14.6. The van der Waals surface area contributed by atoms with Crippen molar-refractivity contribution in [2.75, 3.05) is 17.2 Å². The summed E-state index contributed by atoms with van der Waals surface area (Å²) in [6.45, 7) is 2.69. The second-order valence-electron chi connectivity index (χ2n) is 5.47. The molecule has 0 saturated heterocycles. The molecule has 4 rings (SSSR count). The monoisotopic (exact) mass is 341 g/mol. The van der Waals surface area contributed by atoms with E-state index in [-0.39, 0.29) is 5.91 Å². The molecule has 0 atom stereocenters. The fourth-order valence-corrected chi connectivity index (χ4v) is 4.48. The fraction of sp³-hybridized carbons (Fsp3) is 0.235. The number of aryl methyl sites for hydroxylation is 1. The average Bonchev–Trinajstić information content (AvgIpc) is 2.82. The SMILES string of the molecule is Cc1nsc2ncc(C(=O)N3CCCSc4ccccc43)cc12. The molecule has 0 radical (unpaired) electrons. The molecule has 0 unspecified atom stereocenters. The standard InChI is InChI=1S/C17H15N3OS2/c1-11-13-9-12(10-18-16(13)23-19-11)17(21)20-7-4-8-22-15-6-3-2-5-14(15)20/h2-3,5-6,9-10H,4,7-8H2,1H3. The number of fused-ring (bicyclic) bond motifs is 2. The van der Waals surface area contributed by atoms with Gasteiger partial charge in [-0.15, -0.1) is 11.8 Å². The summed E-state index contributed by atoms with van der Waals surface area (Å²) in [6.07, 6.45) is 2.66. The van der Waals surface area contributed by atoms with Crippen molar-refractivity contribution in [3.63, 3.8) is 0 Å². The van der Waals surface area contributed by atoms with Gasteiger partial charge in [0.2, 0.25) is 0 Å². The summed E-state index contributed by atoms with van der Waals surface area (Å²) in [7, 11) is 0. The van der Waals surface area contributed by atoms with E-state index in [9.17, 15) is 4.79 Å². The van der Waals surface area contributed by atoms with E-state index in [0.717, 1.165) is 40.3 Å². The number of nitrogens with zero attached hydrogens (tertiary/aromatic N) is 3. The zero-order valence-corrected chi connectivity index (χ0v) is 14.3. The maximum Gasteiger partial charge on any atom is 0.259 e. The van der Waals surface area contributed by atoms with Crippen molar-refractivity contribution >= 4 is 45.1 Å². The number of pyridine rings is 1. The van der Waals surface area contributed by atoms with Gasteiger partial charge in [-0.05, 0) is 48.8 Å². The second-order valence-corrected chi connectivity index (χ2v) is 7.36. The van der Waals surface area contributed by atoms with E-state index in [1.807, 2.05) is 47.9 Å². The Morgan fingerprint density at radius 2 is 2.17 bits per heavy atom. The van der Waals surface area contributed by atoms with Crippen LogP contribution in [0.5, 0.6) is 0 Å². The molecule has 0 spiro atoms. The first-order chi connectivity index (χ1) is 11.2. The molecule has 1 aliphatic rings. The van der Waals surface area contributed by atoms with Gasteiger partial charge in [0.1, 0.15) is 4.83 Å². The third-order valence-electron chi connectivity index (χ3n) is 3.94. The molecule has 3 aromatic rings. The smallest absolute Gasteiger partial charge is 0.259 e. The quantitative estimate of drug-likeness (QED) is 0.667. The van der Waals surface area contributed by atoms with Gasteiger partial charge in [0, 0.05) is 23.0 Å². The van der Waals surface area contributed by atoms with Crippen LogP contribution >= 0.6 is 23.3 Å². The van der Waals surface area contributed by atoms with Gasteiger partial charge < -0.3 is 4.90 Å². The number of hydrogen-bond acceptors (Lipinski definition) is 5. The highest BCUT2D eigenvalue weighted by Crippen LogP contribution is 2.34. The number of carbonyl (C=O) groups is 1. The van der Waals surface area contributed by atoms with Crippen molar-refractivity contribution in [3.8, 4) is 0 Å². The molecule has 0 bridgehead atoms. The van der Waals surface area contributed by atoms with E-state index >= 15 is 0 Å². The second kappa shape index (κ2) is 5.94. The third-order valence-corrected chi connectivity index (χ3v) is 5.95. The van der Waals surface area contributed by atoms with Crippen LogP contribution in [0.15, 0.2) is 41.4 Å². The number of para-hydroxylation sites is 1. The van der Waals surface area contributed by atoms with Gasteiger partial charge >= 0.3 is 0 Å². The molecular formula is C17H15N3OS2. The lowest BCUT2D eigenvalue weighted by atomic mass is 10.1. The number of aromatic nitrogens is 2. The van der Waals surface area contributed by atoms with Crippen LogP contribution in [0.25, 0.3) is 10.2 Å². The van der Waals surface area contributed by atoms with Gasteiger partial charge in [-0.3, -0.25) is 4.79 Å². The van der Waals surface area contributed by atoms with E-state index < -0.39 is 0 Å². The van der Waals surface area contributed by atoms with Crippen molar-refractivity contribution in [1.29, 1.82) is 0 Å². The Morgan fingerprint density at radius 3 is 3.09 bits per heavy atom.